The molecule has 0 aliphatic heterocycles. The van der Waals surface area contributed by atoms with Crippen LogP contribution in [-0.2, 0) is 17.6 Å². The fraction of sp³-hybridized carbons (Fsp3) is 0.444. The van der Waals surface area contributed by atoms with Crippen molar-refractivity contribution in [1.29, 1.82) is 0 Å². The van der Waals surface area contributed by atoms with E-state index in [1.807, 2.05) is 0 Å². The molecule has 2 aromatic carbocycles. The number of β-amino-alcohol motifs (C(OH)–C–C–N with tert-alkyl or cyclic N) is 1. The number of rotatable bonds is 12. The fourth-order valence-electron chi connectivity index (χ4n) is 4.68. The quantitative estimate of drug-likeness (QED) is 0.324. The highest BCUT2D eigenvalue weighted by atomic mass is 35.5. The first kappa shape index (κ1) is 26.6. The average Bonchev–Trinajstić information content (AvgIpc) is 3.18. The monoisotopic (exact) mass is 505 g/mol. The van der Waals surface area contributed by atoms with Crippen LogP contribution >= 0.6 is 23.2 Å². The Balaban J connectivity index is 1.50. The van der Waals surface area contributed by atoms with Gasteiger partial charge in [-0.2, -0.15) is 0 Å². The minimum absolute atomic E-state index is 0.0490. The molecule has 3 rings (SSSR count). The summed E-state index contributed by atoms with van der Waals surface area (Å²) in [7, 11) is 0. The molecule has 0 fully saturated rings. The molecular formula is C27H33Cl2NO4. The first-order chi connectivity index (χ1) is 16.1. The van der Waals surface area contributed by atoms with Crippen molar-refractivity contribution >= 4 is 29.2 Å². The van der Waals surface area contributed by atoms with Crippen LogP contribution in [0.2, 0.25) is 10.0 Å². The highest BCUT2D eigenvalue weighted by Crippen LogP contribution is 2.39. The number of aliphatic carboxylic acids is 1. The van der Waals surface area contributed by atoms with E-state index in [1.54, 1.807) is 12.1 Å². The molecule has 2 atom stereocenters. The molecule has 0 heterocycles. The van der Waals surface area contributed by atoms with E-state index < -0.39 is 18.0 Å². The maximum absolute atomic E-state index is 11.1. The lowest BCUT2D eigenvalue weighted by molar-refractivity contribution is -0.137. The molecule has 34 heavy (non-hydrogen) atoms. The third-order valence-electron chi connectivity index (χ3n) is 6.34. The summed E-state index contributed by atoms with van der Waals surface area (Å²) in [6.45, 7) is 8.44. The molecule has 5 nitrogen and oxygen atoms in total. The van der Waals surface area contributed by atoms with Gasteiger partial charge in [-0.3, -0.25) is 4.79 Å². The average molecular weight is 506 g/mol. The van der Waals surface area contributed by atoms with Gasteiger partial charge in [0.15, 0.2) is 0 Å². The lowest BCUT2D eigenvalue weighted by atomic mass is 9.88. The number of ether oxygens (including phenoxy) is 1. The Hall–Kier alpha value is -2.05. The summed E-state index contributed by atoms with van der Waals surface area (Å²) in [4.78, 5) is 11.1. The maximum atomic E-state index is 11.1. The first-order valence-electron chi connectivity index (χ1n) is 11.5. The van der Waals surface area contributed by atoms with Crippen molar-refractivity contribution in [3.8, 4) is 5.75 Å². The van der Waals surface area contributed by atoms with Crippen LogP contribution in [0.15, 0.2) is 49.1 Å². The van der Waals surface area contributed by atoms with Crippen molar-refractivity contribution in [3.05, 3.63) is 75.8 Å². The second-order valence-corrected chi connectivity index (χ2v) is 10.5. The summed E-state index contributed by atoms with van der Waals surface area (Å²) in [5, 5.41) is 23.5. The van der Waals surface area contributed by atoms with Crippen molar-refractivity contribution in [2.45, 2.75) is 57.1 Å². The normalized spacial score (nSPS) is 15.6. The molecule has 7 heteroatoms. The molecule has 0 aromatic heterocycles. The van der Waals surface area contributed by atoms with Crippen LogP contribution in [0.5, 0.6) is 5.75 Å². The standard InChI is InChI=1S/C27H33Cl2NO4/c1-4-18(13-24(32)33)22-9-10-23(26(29)25(22)28)34-16-21(31)15-30-27(2,3)14-17-11-19-7-5-6-8-20(19)12-17/h4-10,17-18,21,30-31H,1,11-16H2,2-3H3,(H,32,33)/t18?,21-/m1/s1. The van der Waals surface area contributed by atoms with Crippen LogP contribution in [0.25, 0.3) is 0 Å². The van der Waals surface area contributed by atoms with Crippen LogP contribution < -0.4 is 10.1 Å². The molecule has 1 aliphatic carbocycles. The van der Waals surface area contributed by atoms with E-state index in [0.717, 1.165) is 19.3 Å². The highest BCUT2D eigenvalue weighted by molar-refractivity contribution is 6.43. The van der Waals surface area contributed by atoms with Gasteiger partial charge < -0.3 is 20.3 Å². The number of aliphatic hydroxyl groups is 1. The molecule has 1 unspecified atom stereocenters. The molecule has 0 amide bonds. The largest absolute Gasteiger partial charge is 0.489 e. The number of aliphatic hydroxyl groups excluding tert-OH is 1. The Bertz CT molecular complexity index is 999. The molecule has 0 bridgehead atoms. The number of hydrogen-bond donors (Lipinski definition) is 3. The van der Waals surface area contributed by atoms with E-state index in [2.05, 4.69) is 50.0 Å². The Kier molecular flexibility index (Phi) is 9.05. The van der Waals surface area contributed by atoms with Gasteiger partial charge in [0.25, 0.3) is 0 Å². The number of fused-ring (bicyclic) bond motifs is 1. The van der Waals surface area contributed by atoms with Gasteiger partial charge in [-0.15, -0.1) is 6.58 Å². The predicted molar refractivity (Wildman–Crippen MR) is 137 cm³/mol. The molecule has 3 N–H and O–H groups in total. The molecular weight excluding hydrogens is 473 g/mol. The van der Waals surface area contributed by atoms with Crippen molar-refractivity contribution in [3.63, 3.8) is 0 Å². The number of hydrogen-bond acceptors (Lipinski definition) is 4. The van der Waals surface area contributed by atoms with Crippen molar-refractivity contribution in [1.82, 2.24) is 5.32 Å². The minimum Gasteiger partial charge on any atom is -0.489 e. The van der Waals surface area contributed by atoms with Gasteiger partial charge in [-0.1, -0.05) is 59.6 Å². The molecule has 0 saturated heterocycles. The van der Waals surface area contributed by atoms with E-state index >= 15 is 0 Å². The smallest absolute Gasteiger partial charge is 0.304 e. The number of allylic oxidation sites excluding steroid dienone is 1. The first-order valence-corrected chi connectivity index (χ1v) is 12.3. The zero-order valence-electron chi connectivity index (χ0n) is 19.7. The Morgan fingerprint density at radius 2 is 1.85 bits per heavy atom. The summed E-state index contributed by atoms with van der Waals surface area (Å²) in [6, 6.07) is 12.0. The van der Waals surface area contributed by atoms with Crippen LogP contribution in [0, 0.1) is 5.92 Å². The van der Waals surface area contributed by atoms with E-state index in [4.69, 9.17) is 33.0 Å². The lowest BCUT2D eigenvalue weighted by Gasteiger charge is -2.30. The summed E-state index contributed by atoms with van der Waals surface area (Å²) >= 11 is 12.7. The SMILES string of the molecule is C=CC(CC(=O)O)c1ccc(OC[C@H](O)CNC(C)(C)CC2Cc3ccccc3C2)c(Cl)c1Cl. The van der Waals surface area contributed by atoms with Crippen LogP contribution in [-0.4, -0.2) is 41.0 Å². The van der Waals surface area contributed by atoms with Crippen molar-refractivity contribution in [2.24, 2.45) is 5.92 Å². The van der Waals surface area contributed by atoms with Gasteiger partial charge in [-0.25, -0.2) is 0 Å². The van der Waals surface area contributed by atoms with Gasteiger partial charge in [0.05, 0.1) is 11.4 Å². The van der Waals surface area contributed by atoms with Gasteiger partial charge in [-0.05, 0) is 61.8 Å². The van der Waals surface area contributed by atoms with Gasteiger partial charge in [0, 0.05) is 18.0 Å². The minimum atomic E-state index is -0.951. The predicted octanol–water partition coefficient (Wildman–Crippen LogP) is 5.65. The van der Waals surface area contributed by atoms with E-state index in [1.165, 1.54) is 17.2 Å². The van der Waals surface area contributed by atoms with Crippen molar-refractivity contribution < 1.29 is 19.7 Å². The van der Waals surface area contributed by atoms with Crippen molar-refractivity contribution in [2.75, 3.05) is 13.2 Å². The third kappa shape index (κ3) is 6.98. The molecule has 2 aromatic rings. The zero-order valence-corrected chi connectivity index (χ0v) is 21.2. The van der Waals surface area contributed by atoms with Crippen LogP contribution in [0.4, 0.5) is 0 Å². The van der Waals surface area contributed by atoms with E-state index in [-0.39, 0.29) is 28.6 Å². The summed E-state index contributed by atoms with van der Waals surface area (Å²) in [6.07, 6.45) is 3.88. The molecule has 0 radical (unpaired) electrons. The van der Waals surface area contributed by atoms with E-state index in [9.17, 15) is 9.90 Å². The number of carbonyl (C=O) groups is 1. The molecule has 1 aliphatic rings. The number of carboxylic acids is 1. The number of nitrogens with one attached hydrogen (secondary N) is 1. The summed E-state index contributed by atoms with van der Waals surface area (Å²) < 4.78 is 5.72. The Morgan fingerprint density at radius 3 is 2.44 bits per heavy atom. The second kappa shape index (κ2) is 11.6. The molecule has 0 spiro atoms. The number of benzene rings is 2. The van der Waals surface area contributed by atoms with Gasteiger partial charge >= 0.3 is 5.97 Å². The number of carboxylic acid groups (broad SMARTS) is 1. The summed E-state index contributed by atoms with van der Waals surface area (Å²) in [5.74, 6) is -0.474. The highest BCUT2D eigenvalue weighted by Gasteiger charge is 2.28. The molecule has 0 saturated carbocycles. The van der Waals surface area contributed by atoms with Gasteiger partial charge in [0.1, 0.15) is 23.5 Å². The fourth-order valence-corrected chi connectivity index (χ4v) is 5.20. The molecule has 184 valence electrons. The zero-order chi connectivity index (χ0) is 24.9. The lowest BCUT2D eigenvalue weighted by Crippen LogP contribution is -2.46. The summed E-state index contributed by atoms with van der Waals surface area (Å²) in [5.41, 5.74) is 3.34. The third-order valence-corrected chi connectivity index (χ3v) is 7.22. The Morgan fingerprint density at radius 1 is 1.21 bits per heavy atom. The second-order valence-electron chi connectivity index (χ2n) is 9.70. The van der Waals surface area contributed by atoms with Crippen LogP contribution in [0.3, 0.4) is 0 Å². The Labute approximate surface area is 211 Å². The van der Waals surface area contributed by atoms with Crippen LogP contribution in [0.1, 0.15) is 49.3 Å². The topological polar surface area (TPSA) is 78.8 Å². The van der Waals surface area contributed by atoms with Gasteiger partial charge in [0.2, 0.25) is 0 Å². The maximum Gasteiger partial charge on any atom is 0.304 e. The van der Waals surface area contributed by atoms with E-state index in [0.29, 0.717) is 23.8 Å². The number of halogens is 2.